The highest BCUT2D eigenvalue weighted by molar-refractivity contribution is 7.18. The van der Waals surface area contributed by atoms with Crippen LogP contribution in [0.1, 0.15) is 29.5 Å². The van der Waals surface area contributed by atoms with Crippen LogP contribution in [0.2, 0.25) is 0 Å². The minimum Gasteiger partial charge on any atom is -0.316 e. The van der Waals surface area contributed by atoms with Crippen LogP contribution in [0.4, 0.5) is 0 Å². The molecule has 0 aliphatic carbocycles. The average Bonchev–Trinajstić information content (AvgIpc) is 3.12. The molecule has 1 aliphatic heterocycles. The van der Waals surface area contributed by atoms with Crippen LogP contribution in [0.5, 0.6) is 0 Å². The normalized spacial score (nSPS) is 19.2. The van der Waals surface area contributed by atoms with Crippen molar-refractivity contribution in [3.05, 3.63) is 35.1 Å². The third-order valence-electron chi connectivity index (χ3n) is 3.97. The third kappa shape index (κ3) is 2.45. The monoisotopic (exact) mass is 299 g/mol. The lowest BCUT2D eigenvalue weighted by Gasteiger charge is -2.20. The molecule has 1 unspecified atom stereocenters. The number of aryl methyl sites for hydroxylation is 1. The summed E-state index contributed by atoms with van der Waals surface area (Å²) in [4.78, 5) is 4.49. The molecule has 0 bridgehead atoms. The van der Waals surface area contributed by atoms with Crippen molar-refractivity contribution in [1.82, 2.24) is 25.3 Å². The predicted molar refractivity (Wildman–Crippen MR) is 84.1 cm³/mol. The minimum absolute atomic E-state index is 0.488. The van der Waals surface area contributed by atoms with E-state index >= 15 is 0 Å². The molecule has 1 aliphatic rings. The Hall–Kier alpha value is -1.79. The molecule has 3 heterocycles. The average molecular weight is 299 g/mol. The number of rotatable bonds is 2. The van der Waals surface area contributed by atoms with Crippen molar-refractivity contribution in [2.24, 2.45) is 0 Å². The minimum atomic E-state index is 0.488. The molecule has 6 heteroatoms. The van der Waals surface area contributed by atoms with Crippen molar-refractivity contribution >= 4 is 21.6 Å². The number of hydrogen-bond acceptors (Lipinski definition) is 5. The summed E-state index contributed by atoms with van der Waals surface area (Å²) in [6.07, 6.45) is 4.47. The zero-order chi connectivity index (χ0) is 14.2. The largest absolute Gasteiger partial charge is 0.316 e. The zero-order valence-electron chi connectivity index (χ0n) is 11.9. The molecular formula is C15H17N5S. The van der Waals surface area contributed by atoms with Crippen molar-refractivity contribution in [2.45, 2.75) is 25.7 Å². The van der Waals surface area contributed by atoms with Crippen molar-refractivity contribution in [1.29, 1.82) is 0 Å². The zero-order valence-corrected chi connectivity index (χ0v) is 12.7. The first-order chi connectivity index (χ1) is 10.3. The van der Waals surface area contributed by atoms with E-state index in [1.165, 1.54) is 17.5 Å². The van der Waals surface area contributed by atoms with Crippen molar-refractivity contribution in [3.63, 3.8) is 0 Å². The fourth-order valence-electron chi connectivity index (χ4n) is 2.87. The Morgan fingerprint density at radius 1 is 1.38 bits per heavy atom. The molecule has 1 saturated heterocycles. The summed E-state index contributed by atoms with van der Waals surface area (Å²) in [5.41, 5.74) is 3.19. The lowest BCUT2D eigenvalue weighted by molar-refractivity contribution is 0.454. The van der Waals surface area contributed by atoms with E-state index in [-0.39, 0.29) is 0 Å². The van der Waals surface area contributed by atoms with E-state index in [0.717, 1.165) is 35.0 Å². The molecule has 0 amide bonds. The molecule has 1 fully saturated rings. The van der Waals surface area contributed by atoms with Gasteiger partial charge in [-0.15, -0.1) is 16.4 Å². The van der Waals surface area contributed by atoms with E-state index in [1.54, 1.807) is 11.3 Å². The summed E-state index contributed by atoms with van der Waals surface area (Å²) in [6, 6.07) is 6.24. The number of nitrogens with one attached hydrogen (secondary N) is 1. The van der Waals surface area contributed by atoms with Gasteiger partial charge in [0, 0.05) is 12.5 Å². The van der Waals surface area contributed by atoms with Crippen molar-refractivity contribution in [2.75, 3.05) is 13.1 Å². The summed E-state index contributed by atoms with van der Waals surface area (Å²) in [6.45, 7) is 4.16. The first-order valence-electron chi connectivity index (χ1n) is 7.30. The maximum absolute atomic E-state index is 4.49. The van der Waals surface area contributed by atoms with Crippen LogP contribution in [-0.4, -0.2) is 33.1 Å². The molecule has 0 spiro atoms. The lowest BCUT2D eigenvalue weighted by atomic mass is 9.97. The Morgan fingerprint density at radius 3 is 3.19 bits per heavy atom. The molecule has 5 nitrogen and oxygen atoms in total. The SMILES string of the molecule is Cc1nc2ccc(-n3cc(C4CCCNC4)nn3)cc2s1. The molecule has 108 valence electrons. The molecule has 21 heavy (non-hydrogen) atoms. The second kappa shape index (κ2) is 5.20. The van der Waals surface area contributed by atoms with E-state index in [1.807, 2.05) is 11.6 Å². The second-order valence-corrected chi connectivity index (χ2v) is 6.75. The van der Waals surface area contributed by atoms with Gasteiger partial charge < -0.3 is 5.32 Å². The highest BCUT2D eigenvalue weighted by Crippen LogP contribution is 2.25. The molecule has 1 atom stereocenters. The van der Waals surface area contributed by atoms with Gasteiger partial charge in [-0.1, -0.05) is 5.21 Å². The Balaban J connectivity index is 1.66. The van der Waals surface area contributed by atoms with Crippen LogP contribution in [0, 0.1) is 6.92 Å². The number of thiazole rings is 1. The number of piperidine rings is 1. The van der Waals surface area contributed by atoms with Gasteiger partial charge in [-0.3, -0.25) is 0 Å². The van der Waals surface area contributed by atoms with E-state index in [2.05, 4.69) is 45.0 Å². The van der Waals surface area contributed by atoms with Gasteiger partial charge in [-0.2, -0.15) is 0 Å². The Bertz CT molecular complexity index is 769. The summed E-state index contributed by atoms with van der Waals surface area (Å²) in [7, 11) is 0. The second-order valence-electron chi connectivity index (χ2n) is 5.52. The van der Waals surface area contributed by atoms with Crippen LogP contribution >= 0.6 is 11.3 Å². The molecule has 2 aromatic heterocycles. The Morgan fingerprint density at radius 2 is 2.33 bits per heavy atom. The number of benzene rings is 1. The van der Waals surface area contributed by atoms with E-state index < -0.39 is 0 Å². The van der Waals surface area contributed by atoms with Crippen LogP contribution in [-0.2, 0) is 0 Å². The quantitative estimate of drug-likeness (QED) is 0.790. The molecule has 1 aromatic carbocycles. The van der Waals surface area contributed by atoms with E-state index in [9.17, 15) is 0 Å². The molecule has 1 N–H and O–H groups in total. The van der Waals surface area contributed by atoms with E-state index in [0.29, 0.717) is 5.92 Å². The standard InChI is InChI=1S/C15H17N5S/c1-10-17-13-5-4-12(7-15(13)21-10)20-9-14(18-19-20)11-3-2-6-16-8-11/h4-5,7,9,11,16H,2-3,6,8H2,1H3. The molecule has 0 saturated carbocycles. The fourth-order valence-corrected chi connectivity index (χ4v) is 3.73. The predicted octanol–water partition coefficient (Wildman–Crippen LogP) is 2.65. The maximum atomic E-state index is 4.49. The highest BCUT2D eigenvalue weighted by Gasteiger charge is 2.18. The van der Waals surface area contributed by atoms with Gasteiger partial charge in [-0.25, -0.2) is 9.67 Å². The van der Waals surface area contributed by atoms with Crippen molar-refractivity contribution < 1.29 is 0 Å². The van der Waals surface area contributed by atoms with Crippen LogP contribution in [0.15, 0.2) is 24.4 Å². The van der Waals surface area contributed by atoms with Gasteiger partial charge in [0.15, 0.2) is 0 Å². The summed E-state index contributed by atoms with van der Waals surface area (Å²) < 4.78 is 3.07. The Labute approximate surface area is 127 Å². The molecule has 0 radical (unpaired) electrons. The first kappa shape index (κ1) is 12.9. The van der Waals surface area contributed by atoms with Crippen LogP contribution in [0.25, 0.3) is 15.9 Å². The van der Waals surface area contributed by atoms with Gasteiger partial charge in [0.05, 0.1) is 32.8 Å². The fraction of sp³-hybridized carbons (Fsp3) is 0.400. The number of fused-ring (bicyclic) bond motifs is 1. The maximum Gasteiger partial charge on any atom is 0.0907 e. The van der Waals surface area contributed by atoms with Crippen molar-refractivity contribution in [3.8, 4) is 5.69 Å². The smallest absolute Gasteiger partial charge is 0.0907 e. The summed E-state index contributed by atoms with van der Waals surface area (Å²) in [5, 5.41) is 13.2. The van der Waals surface area contributed by atoms with Gasteiger partial charge in [0.25, 0.3) is 0 Å². The molecular weight excluding hydrogens is 282 g/mol. The van der Waals surface area contributed by atoms with Crippen LogP contribution in [0.3, 0.4) is 0 Å². The third-order valence-corrected chi connectivity index (χ3v) is 4.90. The molecule has 4 rings (SSSR count). The first-order valence-corrected chi connectivity index (χ1v) is 8.12. The van der Waals surface area contributed by atoms with Crippen LogP contribution < -0.4 is 5.32 Å². The van der Waals surface area contributed by atoms with Gasteiger partial charge in [0.2, 0.25) is 0 Å². The highest BCUT2D eigenvalue weighted by atomic mass is 32.1. The number of hydrogen-bond donors (Lipinski definition) is 1. The Kier molecular flexibility index (Phi) is 3.20. The summed E-state index contributed by atoms with van der Waals surface area (Å²) >= 11 is 1.71. The summed E-state index contributed by atoms with van der Waals surface area (Å²) in [5.74, 6) is 0.488. The number of nitrogens with zero attached hydrogens (tertiary/aromatic N) is 4. The van der Waals surface area contributed by atoms with E-state index in [4.69, 9.17) is 0 Å². The van der Waals surface area contributed by atoms with Gasteiger partial charge in [-0.05, 0) is 44.5 Å². The molecule has 3 aromatic rings. The van der Waals surface area contributed by atoms with Gasteiger partial charge >= 0.3 is 0 Å². The topological polar surface area (TPSA) is 55.6 Å². The number of aromatic nitrogens is 4. The van der Waals surface area contributed by atoms with Gasteiger partial charge in [0.1, 0.15) is 0 Å². The lowest BCUT2D eigenvalue weighted by Crippen LogP contribution is -2.28.